The smallest absolute Gasteiger partial charge is 0.334 e. The van der Waals surface area contributed by atoms with E-state index in [0.717, 1.165) is 0 Å². The summed E-state index contributed by atoms with van der Waals surface area (Å²) in [5.41, 5.74) is -0.204. The molecule has 0 aromatic carbocycles. The molecule has 0 saturated carbocycles. The van der Waals surface area contributed by atoms with Gasteiger partial charge in [-0.05, 0) is 13.0 Å². The molecule has 1 N–H and O–H groups in total. The standard InChI is InChI=1S/C14H12Cl2N4O3/c1-5(2)10-9(6(3)19-23-10)20-12-7(13(21)18-14(20)22)4-8(15)11(16)17-12/h4-5H,1-3H3,(H,18,21,22). The number of aromatic nitrogens is 4. The van der Waals surface area contributed by atoms with Crippen molar-refractivity contribution in [1.29, 1.82) is 0 Å². The maximum atomic E-state index is 12.4. The second kappa shape index (κ2) is 5.50. The molecule has 3 rings (SSSR count). The molecule has 0 aliphatic rings. The van der Waals surface area contributed by atoms with Crippen molar-refractivity contribution in [2.75, 3.05) is 0 Å². The van der Waals surface area contributed by atoms with Crippen molar-refractivity contribution in [3.63, 3.8) is 0 Å². The van der Waals surface area contributed by atoms with Crippen LogP contribution in [0.25, 0.3) is 16.7 Å². The molecule has 9 heteroatoms. The number of aryl methyl sites for hydroxylation is 1. The fourth-order valence-corrected chi connectivity index (χ4v) is 2.64. The van der Waals surface area contributed by atoms with Crippen LogP contribution in [0.1, 0.15) is 31.2 Å². The summed E-state index contributed by atoms with van der Waals surface area (Å²) in [6, 6.07) is 1.37. The van der Waals surface area contributed by atoms with Gasteiger partial charge in [-0.1, -0.05) is 42.2 Å². The van der Waals surface area contributed by atoms with Gasteiger partial charge in [0.2, 0.25) is 0 Å². The molecule has 0 fully saturated rings. The van der Waals surface area contributed by atoms with Crippen LogP contribution in [0.3, 0.4) is 0 Å². The topological polar surface area (TPSA) is 93.8 Å². The number of hydrogen-bond donors (Lipinski definition) is 1. The number of pyridine rings is 1. The van der Waals surface area contributed by atoms with E-state index in [9.17, 15) is 9.59 Å². The predicted octanol–water partition coefficient (Wildman–Crippen LogP) is 2.80. The van der Waals surface area contributed by atoms with Gasteiger partial charge in [-0.2, -0.15) is 0 Å². The zero-order valence-electron chi connectivity index (χ0n) is 12.5. The van der Waals surface area contributed by atoms with Crippen LogP contribution in [0.2, 0.25) is 10.2 Å². The second-order valence-electron chi connectivity index (χ2n) is 5.36. The van der Waals surface area contributed by atoms with Crippen LogP contribution in [-0.2, 0) is 0 Å². The van der Waals surface area contributed by atoms with E-state index < -0.39 is 11.2 Å². The average Bonchev–Trinajstić information content (AvgIpc) is 2.84. The lowest BCUT2D eigenvalue weighted by Gasteiger charge is -2.11. The van der Waals surface area contributed by atoms with Crippen LogP contribution in [0, 0.1) is 6.92 Å². The number of nitrogens with one attached hydrogen (secondary N) is 1. The maximum absolute atomic E-state index is 12.4. The molecule has 0 atom stereocenters. The third kappa shape index (κ3) is 2.46. The molecule has 0 bridgehead atoms. The van der Waals surface area contributed by atoms with Crippen LogP contribution in [0.15, 0.2) is 20.2 Å². The molecule has 23 heavy (non-hydrogen) atoms. The van der Waals surface area contributed by atoms with Crippen molar-refractivity contribution in [1.82, 2.24) is 19.7 Å². The van der Waals surface area contributed by atoms with Crippen molar-refractivity contribution < 1.29 is 4.52 Å². The SMILES string of the molecule is Cc1noc(C(C)C)c1-n1c(=O)[nH]c(=O)c2cc(Cl)c(Cl)nc21. The molecule has 3 aromatic rings. The number of H-pyrrole nitrogens is 1. The van der Waals surface area contributed by atoms with Gasteiger partial charge >= 0.3 is 5.69 Å². The van der Waals surface area contributed by atoms with Gasteiger partial charge in [-0.25, -0.2) is 14.3 Å². The van der Waals surface area contributed by atoms with E-state index in [1.807, 2.05) is 13.8 Å². The molecule has 0 amide bonds. The Kier molecular flexibility index (Phi) is 3.77. The van der Waals surface area contributed by atoms with E-state index in [0.29, 0.717) is 17.1 Å². The minimum absolute atomic E-state index is 0.00174. The first-order valence-electron chi connectivity index (χ1n) is 6.79. The van der Waals surface area contributed by atoms with Crippen LogP contribution >= 0.6 is 23.2 Å². The van der Waals surface area contributed by atoms with E-state index >= 15 is 0 Å². The normalized spacial score (nSPS) is 11.6. The fourth-order valence-electron chi connectivity index (χ4n) is 2.35. The first-order valence-corrected chi connectivity index (χ1v) is 7.54. The Bertz CT molecular complexity index is 1030. The summed E-state index contributed by atoms with van der Waals surface area (Å²) in [6.45, 7) is 5.50. The van der Waals surface area contributed by atoms with E-state index in [4.69, 9.17) is 27.7 Å². The Morgan fingerprint density at radius 2 is 2.00 bits per heavy atom. The van der Waals surface area contributed by atoms with Gasteiger partial charge in [0, 0.05) is 5.92 Å². The largest absolute Gasteiger partial charge is 0.359 e. The van der Waals surface area contributed by atoms with E-state index in [2.05, 4.69) is 15.1 Å². The number of hydrogen-bond acceptors (Lipinski definition) is 5. The quantitative estimate of drug-likeness (QED) is 0.714. The summed E-state index contributed by atoms with van der Waals surface area (Å²) in [7, 11) is 0. The lowest BCUT2D eigenvalue weighted by molar-refractivity contribution is 0.367. The number of halogens is 2. The Morgan fingerprint density at radius 3 is 2.65 bits per heavy atom. The first kappa shape index (κ1) is 15.8. The number of aromatic amines is 1. The maximum Gasteiger partial charge on any atom is 0.334 e. The Labute approximate surface area is 139 Å². The molecule has 0 saturated heterocycles. The van der Waals surface area contributed by atoms with Crippen molar-refractivity contribution in [3.8, 4) is 5.69 Å². The van der Waals surface area contributed by atoms with Crippen molar-refractivity contribution >= 4 is 34.2 Å². The Hall–Kier alpha value is -2.12. The van der Waals surface area contributed by atoms with E-state index in [1.165, 1.54) is 10.6 Å². The molecule has 0 radical (unpaired) electrons. The van der Waals surface area contributed by atoms with Crippen LogP contribution in [-0.4, -0.2) is 19.7 Å². The third-order valence-electron chi connectivity index (χ3n) is 3.40. The zero-order valence-corrected chi connectivity index (χ0v) is 14.0. The molecule has 0 aliphatic heterocycles. The molecule has 3 aromatic heterocycles. The minimum Gasteiger partial charge on any atom is -0.359 e. The van der Waals surface area contributed by atoms with Crippen molar-refractivity contribution in [3.05, 3.63) is 48.5 Å². The van der Waals surface area contributed by atoms with Crippen LogP contribution in [0.5, 0.6) is 0 Å². The monoisotopic (exact) mass is 354 g/mol. The lowest BCUT2D eigenvalue weighted by atomic mass is 10.1. The number of rotatable bonds is 2. The van der Waals surface area contributed by atoms with Gasteiger partial charge < -0.3 is 4.52 Å². The summed E-state index contributed by atoms with van der Waals surface area (Å²) in [4.78, 5) is 30.8. The molecule has 120 valence electrons. The summed E-state index contributed by atoms with van der Waals surface area (Å²) in [5.74, 6) is 0.480. The summed E-state index contributed by atoms with van der Waals surface area (Å²) in [6.07, 6.45) is 0. The molecule has 0 aliphatic carbocycles. The molecular formula is C14H12Cl2N4O3. The van der Waals surface area contributed by atoms with Gasteiger partial charge in [0.25, 0.3) is 5.56 Å². The van der Waals surface area contributed by atoms with E-state index in [1.54, 1.807) is 6.92 Å². The fraction of sp³-hybridized carbons (Fsp3) is 0.286. The summed E-state index contributed by atoms with van der Waals surface area (Å²) in [5, 5.41) is 4.18. The van der Waals surface area contributed by atoms with Gasteiger partial charge in [0.1, 0.15) is 16.5 Å². The molecule has 7 nitrogen and oxygen atoms in total. The molecule has 0 spiro atoms. The highest BCUT2D eigenvalue weighted by Crippen LogP contribution is 2.28. The van der Waals surface area contributed by atoms with Gasteiger partial charge in [0.05, 0.1) is 10.4 Å². The zero-order chi connectivity index (χ0) is 16.9. The highest BCUT2D eigenvalue weighted by atomic mass is 35.5. The number of fused-ring (bicyclic) bond motifs is 1. The Morgan fingerprint density at radius 1 is 1.30 bits per heavy atom. The van der Waals surface area contributed by atoms with E-state index in [-0.39, 0.29) is 27.1 Å². The Balaban J connectivity index is 2.53. The average molecular weight is 355 g/mol. The van der Waals surface area contributed by atoms with Gasteiger partial charge in [0.15, 0.2) is 11.4 Å². The summed E-state index contributed by atoms with van der Waals surface area (Å²) < 4.78 is 6.55. The molecule has 3 heterocycles. The lowest BCUT2D eigenvalue weighted by Crippen LogP contribution is -2.30. The predicted molar refractivity (Wildman–Crippen MR) is 86.9 cm³/mol. The second-order valence-corrected chi connectivity index (χ2v) is 6.13. The van der Waals surface area contributed by atoms with Crippen molar-refractivity contribution in [2.45, 2.75) is 26.7 Å². The van der Waals surface area contributed by atoms with Crippen LogP contribution < -0.4 is 11.2 Å². The van der Waals surface area contributed by atoms with Crippen molar-refractivity contribution in [2.24, 2.45) is 0 Å². The highest BCUT2D eigenvalue weighted by Gasteiger charge is 2.22. The highest BCUT2D eigenvalue weighted by molar-refractivity contribution is 6.41. The third-order valence-corrected chi connectivity index (χ3v) is 4.07. The van der Waals surface area contributed by atoms with Crippen LogP contribution in [0.4, 0.5) is 0 Å². The molecule has 0 unspecified atom stereocenters. The number of nitrogens with zero attached hydrogens (tertiary/aromatic N) is 3. The minimum atomic E-state index is -0.651. The van der Waals surface area contributed by atoms with Gasteiger partial charge in [-0.15, -0.1) is 0 Å². The molecular weight excluding hydrogens is 343 g/mol. The summed E-state index contributed by atoms with van der Waals surface area (Å²) >= 11 is 11.9. The van der Waals surface area contributed by atoms with Gasteiger partial charge in [-0.3, -0.25) is 9.78 Å². The first-order chi connectivity index (χ1) is 10.8.